The highest BCUT2D eigenvalue weighted by molar-refractivity contribution is 5.94. The van der Waals surface area contributed by atoms with Crippen LogP contribution in [-0.2, 0) is 6.54 Å². The molecule has 0 spiro atoms. The summed E-state index contributed by atoms with van der Waals surface area (Å²) in [4.78, 5) is 35.6. The van der Waals surface area contributed by atoms with Crippen LogP contribution < -0.4 is 10.5 Å². The van der Waals surface area contributed by atoms with Crippen LogP contribution in [0.5, 0.6) is 0 Å². The first kappa shape index (κ1) is 23.0. The molecular formula is C30H29N5O2. The van der Waals surface area contributed by atoms with Crippen molar-refractivity contribution in [1.29, 1.82) is 0 Å². The monoisotopic (exact) mass is 491 g/mol. The van der Waals surface area contributed by atoms with Crippen molar-refractivity contribution in [3.8, 4) is 0 Å². The van der Waals surface area contributed by atoms with E-state index in [0.29, 0.717) is 36.4 Å². The minimum Gasteiger partial charge on any atom is -0.365 e. The smallest absolute Gasteiger partial charge is 0.276 e. The van der Waals surface area contributed by atoms with Crippen LogP contribution >= 0.6 is 0 Å². The second kappa shape index (κ2) is 9.24. The predicted octanol–water partition coefficient (Wildman–Crippen LogP) is 4.36. The maximum absolute atomic E-state index is 13.5. The number of carbonyl (C=O) groups is 1. The Morgan fingerprint density at radius 3 is 2.65 bits per heavy atom. The Hall–Kier alpha value is -4.39. The lowest BCUT2D eigenvalue weighted by molar-refractivity contribution is 0.0726. The van der Waals surface area contributed by atoms with E-state index in [9.17, 15) is 9.59 Å². The number of carbonyl (C=O) groups excluding carboxylic acids is 1. The summed E-state index contributed by atoms with van der Waals surface area (Å²) in [5.74, 6) is 0.0231. The standard InChI is InChI=1S/C30H29N5O2/c1-21-7-3-10-25(17-21)33-16-15-32(19-22(33)2)29(36)24-9-4-8-23(18-24)20-35-28-26(11-5-13-31-28)34-14-6-12-27(34)30(35)37/h3-14,17-18,22H,15-16,19-20H2,1-2H3/t22-/m1/s1. The molecule has 0 N–H and O–H groups in total. The summed E-state index contributed by atoms with van der Waals surface area (Å²) in [5.41, 5.74) is 5.96. The Morgan fingerprint density at radius 1 is 0.973 bits per heavy atom. The van der Waals surface area contributed by atoms with E-state index >= 15 is 0 Å². The van der Waals surface area contributed by atoms with E-state index in [2.05, 4.69) is 48.0 Å². The summed E-state index contributed by atoms with van der Waals surface area (Å²) in [5, 5.41) is 0. The Kier molecular flexibility index (Phi) is 5.75. The topological polar surface area (TPSA) is 62.8 Å². The van der Waals surface area contributed by atoms with E-state index in [0.717, 1.165) is 17.6 Å². The summed E-state index contributed by atoms with van der Waals surface area (Å²) in [6.07, 6.45) is 3.58. The van der Waals surface area contributed by atoms with E-state index in [-0.39, 0.29) is 17.5 Å². The molecular weight excluding hydrogens is 462 g/mol. The van der Waals surface area contributed by atoms with Crippen LogP contribution in [-0.4, -0.2) is 50.4 Å². The highest BCUT2D eigenvalue weighted by Gasteiger charge is 2.27. The minimum absolute atomic E-state index is 0.0231. The molecule has 0 bridgehead atoms. The normalized spacial score (nSPS) is 16.0. The van der Waals surface area contributed by atoms with Gasteiger partial charge in [0.05, 0.1) is 12.1 Å². The molecule has 1 fully saturated rings. The van der Waals surface area contributed by atoms with Crippen LogP contribution in [0.3, 0.4) is 0 Å². The maximum atomic E-state index is 13.5. The first-order chi connectivity index (χ1) is 18.0. The van der Waals surface area contributed by atoms with Crippen molar-refractivity contribution in [1.82, 2.24) is 18.9 Å². The number of anilines is 1. The number of hydrogen-bond acceptors (Lipinski definition) is 4. The second-order valence-corrected chi connectivity index (χ2v) is 9.83. The number of aryl methyl sites for hydroxylation is 1. The molecule has 5 aromatic rings. The fraction of sp³-hybridized carbons (Fsp3) is 0.233. The van der Waals surface area contributed by atoms with Crippen LogP contribution in [0.2, 0.25) is 0 Å². The highest BCUT2D eigenvalue weighted by Crippen LogP contribution is 2.23. The number of benzene rings is 2. The van der Waals surface area contributed by atoms with E-state index in [1.165, 1.54) is 11.3 Å². The Bertz CT molecular complexity index is 1680. The zero-order valence-corrected chi connectivity index (χ0v) is 21.0. The quantitative estimate of drug-likeness (QED) is 0.375. The molecule has 1 amide bonds. The maximum Gasteiger partial charge on any atom is 0.276 e. The average Bonchev–Trinajstić information content (AvgIpc) is 3.41. The van der Waals surface area contributed by atoms with Gasteiger partial charge in [-0.1, -0.05) is 24.3 Å². The molecule has 1 atom stereocenters. The lowest BCUT2D eigenvalue weighted by Crippen LogP contribution is -2.53. The van der Waals surface area contributed by atoms with E-state index in [4.69, 9.17) is 0 Å². The van der Waals surface area contributed by atoms with E-state index < -0.39 is 0 Å². The zero-order valence-electron chi connectivity index (χ0n) is 21.0. The number of amides is 1. The number of nitrogens with zero attached hydrogens (tertiary/aromatic N) is 5. The summed E-state index contributed by atoms with van der Waals surface area (Å²) < 4.78 is 3.57. The van der Waals surface area contributed by atoms with Gasteiger partial charge in [0, 0.05) is 49.3 Å². The molecule has 6 rings (SSSR count). The lowest BCUT2D eigenvalue weighted by atomic mass is 10.1. The Morgan fingerprint density at radius 2 is 1.81 bits per heavy atom. The van der Waals surface area contributed by atoms with Crippen molar-refractivity contribution in [3.05, 3.63) is 112 Å². The molecule has 0 radical (unpaired) electrons. The van der Waals surface area contributed by atoms with Crippen LogP contribution in [0, 0.1) is 6.92 Å². The van der Waals surface area contributed by atoms with Crippen molar-refractivity contribution in [2.75, 3.05) is 24.5 Å². The van der Waals surface area contributed by atoms with Crippen molar-refractivity contribution in [2.24, 2.45) is 0 Å². The summed E-state index contributed by atoms with van der Waals surface area (Å²) >= 11 is 0. The molecule has 7 nitrogen and oxygen atoms in total. The first-order valence-corrected chi connectivity index (χ1v) is 12.7. The van der Waals surface area contributed by atoms with Gasteiger partial charge in [0.1, 0.15) is 5.52 Å². The van der Waals surface area contributed by atoms with Gasteiger partial charge in [-0.05, 0) is 73.5 Å². The third-order valence-corrected chi connectivity index (χ3v) is 7.26. The van der Waals surface area contributed by atoms with Gasteiger partial charge in [0.15, 0.2) is 5.65 Å². The third kappa shape index (κ3) is 4.16. The fourth-order valence-corrected chi connectivity index (χ4v) is 5.43. The van der Waals surface area contributed by atoms with Crippen LogP contribution in [0.1, 0.15) is 28.4 Å². The predicted molar refractivity (Wildman–Crippen MR) is 146 cm³/mol. The van der Waals surface area contributed by atoms with Gasteiger partial charge >= 0.3 is 0 Å². The van der Waals surface area contributed by atoms with Crippen molar-refractivity contribution < 1.29 is 4.79 Å². The van der Waals surface area contributed by atoms with Gasteiger partial charge < -0.3 is 14.2 Å². The Balaban J connectivity index is 1.25. The molecule has 7 heteroatoms. The molecule has 1 aliphatic heterocycles. The fourth-order valence-electron chi connectivity index (χ4n) is 5.43. The molecule has 0 saturated carbocycles. The van der Waals surface area contributed by atoms with Gasteiger partial charge in [0.25, 0.3) is 11.5 Å². The molecule has 1 saturated heterocycles. The number of rotatable bonds is 4. The minimum atomic E-state index is -0.103. The number of hydrogen-bond donors (Lipinski definition) is 0. The lowest BCUT2D eigenvalue weighted by Gasteiger charge is -2.41. The number of fused-ring (bicyclic) bond motifs is 3. The molecule has 1 aliphatic rings. The van der Waals surface area contributed by atoms with Gasteiger partial charge in [-0.25, -0.2) is 4.98 Å². The van der Waals surface area contributed by atoms with Crippen molar-refractivity contribution >= 4 is 28.3 Å². The van der Waals surface area contributed by atoms with Crippen molar-refractivity contribution in [3.63, 3.8) is 0 Å². The van der Waals surface area contributed by atoms with Crippen LogP contribution in [0.15, 0.2) is 90.0 Å². The Labute approximate surface area is 215 Å². The molecule has 186 valence electrons. The first-order valence-electron chi connectivity index (χ1n) is 12.7. The number of pyridine rings is 1. The van der Waals surface area contributed by atoms with Gasteiger partial charge in [-0.15, -0.1) is 0 Å². The largest absolute Gasteiger partial charge is 0.365 e. The molecule has 4 heterocycles. The van der Waals surface area contributed by atoms with E-state index in [1.54, 1.807) is 10.8 Å². The molecule has 37 heavy (non-hydrogen) atoms. The third-order valence-electron chi connectivity index (χ3n) is 7.26. The molecule has 2 aromatic carbocycles. The number of aromatic nitrogens is 3. The average molecular weight is 492 g/mol. The molecule has 3 aromatic heterocycles. The van der Waals surface area contributed by atoms with E-state index in [1.807, 2.05) is 64.0 Å². The summed E-state index contributed by atoms with van der Waals surface area (Å²) in [7, 11) is 0. The van der Waals surface area contributed by atoms with Gasteiger partial charge in [-0.2, -0.15) is 0 Å². The molecule has 0 unspecified atom stereocenters. The van der Waals surface area contributed by atoms with Crippen LogP contribution in [0.25, 0.3) is 16.7 Å². The van der Waals surface area contributed by atoms with Gasteiger partial charge in [-0.3, -0.25) is 14.2 Å². The SMILES string of the molecule is Cc1cccc(N2CCN(C(=O)c3cccc(Cn4c(=O)c5cccn5c5cccnc54)c3)C[C@H]2C)c1. The summed E-state index contributed by atoms with van der Waals surface area (Å²) in [6, 6.07) is 23.9. The van der Waals surface area contributed by atoms with Crippen molar-refractivity contribution in [2.45, 2.75) is 26.4 Å². The zero-order chi connectivity index (χ0) is 25.5. The summed E-state index contributed by atoms with van der Waals surface area (Å²) in [6.45, 7) is 6.73. The highest BCUT2D eigenvalue weighted by atomic mass is 16.2. The second-order valence-electron chi connectivity index (χ2n) is 9.83. The number of piperazine rings is 1. The molecule has 0 aliphatic carbocycles. The van der Waals surface area contributed by atoms with Crippen LogP contribution in [0.4, 0.5) is 5.69 Å². The van der Waals surface area contributed by atoms with Gasteiger partial charge in [0.2, 0.25) is 0 Å².